The Morgan fingerprint density at radius 2 is 1.67 bits per heavy atom. The van der Waals surface area contributed by atoms with Crippen LogP contribution in [0.1, 0.15) is 17.2 Å². The molecule has 0 aliphatic rings. The molecule has 3 atom stereocenters. The van der Waals surface area contributed by atoms with Gasteiger partial charge in [-0.3, -0.25) is 13.5 Å². The number of alkyl halides is 3. The maximum absolute atomic E-state index is 13.5. The van der Waals surface area contributed by atoms with E-state index < -0.39 is 48.0 Å². The molecule has 0 aliphatic carbocycles. The quantitative estimate of drug-likeness (QED) is 0.428. The smallest absolute Gasteiger partial charge is 0.405 e. The van der Waals surface area contributed by atoms with Gasteiger partial charge in [-0.2, -0.15) is 17.4 Å². The molecule has 0 spiro atoms. The van der Waals surface area contributed by atoms with Crippen molar-refractivity contribution in [2.75, 3.05) is 0 Å². The number of hydrogen-bond donors (Lipinski definition) is 1. The molecule has 3 unspecified atom stereocenters. The van der Waals surface area contributed by atoms with Crippen LogP contribution in [-0.2, 0) is 31.7 Å². The van der Waals surface area contributed by atoms with Gasteiger partial charge < -0.3 is 4.74 Å². The van der Waals surface area contributed by atoms with Gasteiger partial charge in [0.2, 0.25) is 0 Å². The van der Waals surface area contributed by atoms with Gasteiger partial charge in [-0.15, -0.1) is 0 Å². The van der Waals surface area contributed by atoms with E-state index in [9.17, 15) is 26.6 Å². The minimum Gasteiger partial charge on any atom is -0.460 e. The van der Waals surface area contributed by atoms with Crippen molar-refractivity contribution in [3.63, 3.8) is 0 Å². The van der Waals surface area contributed by atoms with Crippen LogP contribution in [0.15, 0.2) is 54.6 Å². The maximum atomic E-state index is 13.5. The third-order valence-electron chi connectivity index (χ3n) is 3.52. The molecule has 5 nitrogen and oxygen atoms in total. The predicted octanol–water partition coefficient (Wildman–Crippen LogP) is 3.94. The lowest BCUT2D eigenvalue weighted by molar-refractivity contribution is -0.213. The number of rotatable bonds is 7. The van der Waals surface area contributed by atoms with E-state index in [0.717, 1.165) is 24.3 Å². The third kappa shape index (κ3) is 6.12. The Morgan fingerprint density at radius 3 is 2.19 bits per heavy atom. The molecule has 0 fully saturated rings. The number of carbonyl (C=O) groups excluding carboxylic acids is 1. The van der Waals surface area contributed by atoms with Crippen LogP contribution >= 0.6 is 0 Å². The van der Waals surface area contributed by atoms with Crippen LogP contribution in [0, 0.1) is 11.7 Å². The molecule has 146 valence electrons. The lowest BCUT2D eigenvalue weighted by Gasteiger charge is -2.26. The van der Waals surface area contributed by atoms with Crippen molar-refractivity contribution >= 4 is 17.3 Å². The average molecular weight is 406 g/mol. The molecule has 10 heteroatoms. The Morgan fingerprint density at radius 1 is 1.07 bits per heavy atom. The van der Waals surface area contributed by atoms with Crippen molar-refractivity contribution in [2.24, 2.45) is 5.92 Å². The SMILES string of the molecule is O=C(OCc1ccccc1)C(C(OS(=O)O)c1ccc(F)cc1)C(F)(F)F. The number of benzene rings is 2. The van der Waals surface area contributed by atoms with E-state index >= 15 is 0 Å². The average Bonchev–Trinajstić information content (AvgIpc) is 2.59. The second-order valence-corrected chi connectivity index (χ2v) is 6.02. The van der Waals surface area contributed by atoms with Gasteiger partial charge in [0.25, 0.3) is 0 Å². The molecule has 0 amide bonds. The van der Waals surface area contributed by atoms with E-state index in [4.69, 9.17) is 9.29 Å². The lowest BCUT2D eigenvalue weighted by atomic mass is 9.95. The summed E-state index contributed by atoms with van der Waals surface area (Å²) in [6.07, 6.45) is -7.34. The van der Waals surface area contributed by atoms with E-state index in [2.05, 4.69) is 4.18 Å². The van der Waals surface area contributed by atoms with Crippen LogP contribution in [0.2, 0.25) is 0 Å². The van der Waals surface area contributed by atoms with Gasteiger partial charge in [0, 0.05) is 0 Å². The predicted molar refractivity (Wildman–Crippen MR) is 86.8 cm³/mol. The van der Waals surface area contributed by atoms with Crippen molar-refractivity contribution in [3.8, 4) is 0 Å². The topological polar surface area (TPSA) is 72.8 Å². The molecule has 0 aromatic heterocycles. The zero-order valence-corrected chi connectivity index (χ0v) is 14.4. The Kier molecular flexibility index (Phi) is 7.05. The zero-order valence-electron chi connectivity index (χ0n) is 13.6. The summed E-state index contributed by atoms with van der Waals surface area (Å²) in [5.74, 6) is -5.31. The van der Waals surface area contributed by atoms with Crippen molar-refractivity contribution in [1.82, 2.24) is 0 Å². The van der Waals surface area contributed by atoms with E-state index in [-0.39, 0.29) is 5.56 Å². The first-order valence-electron chi connectivity index (χ1n) is 7.49. The van der Waals surface area contributed by atoms with E-state index in [0.29, 0.717) is 5.56 Å². The Bertz CT molecular complexity index is 780. The number of hydrogen-bond acceptors (Lipinski definition) is 4. The van der Waals surface area contributed by atoms with Crippen LogP contribution in [-0.4, -0.2) is 20.9 Å². The summed E-state index contributed by atoms with van der Waals surface area (Å²) < 4.78 is 82.7. The zero-order chi connectivity index (χ0) is 20.0. The van der Waals surface area contributed by atoms with Crippen molar-refractivity contribution in [1.29, 1.82) is 0 Å². The summed E-state index contributed by atoms with van der Waals surface area (Å²) in [7, 11) is 0. The summed E-state index contributed by atoms with van der Waals surface area (Å²) in [5.41, 5.74) is 0.148. The molecular weight excluding hydrogens is 392 g/mol. The molecule has 1 N–H and O–H groups in total. The number of halogens is 4. The Labute approximate surface area is 154 Å². The summed E-state index contributed by atoms with van der Waals surface area (Å²) in [5, 5.41) is 0. The van der Waals surface area contributed by atoms with Crippen LogP contribution in [0.4, 0.5) is 17.6 Å². The van der Waals surface area contributed by atoms with Crippen LogP contribution in [0.25, 0.3) is 0 Å². The largest absolute Gasteiger partial charge is 0.460 e. The lowest BCUT2D eigenvalue weighted by Crippen LogP contribution is -2.38. The van der Waals surface area contributed by atoms with Crippen molar-refractivity contribution in [3.05, 3.63) is 71.5 Å². The van der Waals surface area contributed by atoms with Gasteiger partial charge in [0.1, 0.15) is 18.5 Å². The summed E-state index contributed by atoms with van der Waals surface area (Å²) in [6, 6.07) is 11.5. The fraction of sp³-hybridized carbons (Fsp3) is 0.235. The first-order valence-corrected chi connectivity index (χ1v) is 8.52. The molecule has 0 bridgehead atoms. The van der Waals surface area contributed by atoms with E-state index in [1.807, 2.05) is 0 Å². The van der Waals surface area contributed by atoms with E-state index in [1.165, 1.54) is 0 Å². The summed E-state index contributed by atoms with van der Waals surface area (Å²) in [4.78, 5) is 12.1. The van der Waals surface area contributed by atoms with Gasteiger partial charge in [-0.25, -0.2) is 4.39 Å². The van der Waals surface area contributed by atoms with Crippen LogP contribution < -0.4 is 0 Å². The molecule has 0 radical (unpaired) electrons. The normalized spacial score (nSPS) is 15.0. The van der Waals surface area contributed by atoms with Gasteiger partial charge >= 0.3 is 23.5 Å². The molecular formula is C17H14F4O5S. The fourth-order valence-corrected chi connectivity index (χ4v) is 2.69. The first kappa shape index (κ1) is 21.0. The molecule has 0 saturated carbocycles. The molecule has 2 aromatic rings. The highest BCUT2D eigenvalue weighted by molar-refractivity contribution is 7.74. The number of esters is 1. The van der Waals surface area contributed by atoms with E-state index in [1.54, 1.807) is 30.3 Å². The third-order valence-corrected chi connectivity index (χ3v) is 3.89. The Hall–Kier alpha value is -2.30. The monoisotopic (exact) mass is 406 g/mol. The minimum absolute atomic E-state index is 0.308. The second kappa shape index (κ2) is 9.07. The van der Waals surface area contributed by atoms with Gasteiger partial charge in [0.15, 0.2) is 5.92 Å². The highest BCUT2D eigenvalue weighted by atomic mass is 32.2. The molecule has 0 saturated heterocycles. The van der Waals surface area contributed by atoms with Crippen molar-refractivity contribution < 1.29 is 40.0 Å². The molecule has 27 heavy (non-hydrogen) atoms. The second-order valence-electron chi connectivity index (χ2n) is 5.40. The minimum atomic E-state index is -5.15. The van der Waals surface area contributed by atoms with Crippen LogP contribution in [0.3, 0.4) is 0 Å². The maximum Gasteiger partial charge on any atom is 0.405 e. The van der Waals surface area contributed by atoms with Crippen LogP contribution in [0.5, 0.6) is 0 Å². The van der Waals surface area contributed by atoms with Gasteiger partial charge in [-0.05, 0) is 23.3 Å². The molecule has 0 heterocycles. The van der Waals surface area contributed by atoms with Crippen molar-refractivity contribution in [2.45, 2.75) is 18.9 Å². The summed E-state index contributed by atoms with van der Waals surface area (Å²) in [6.45, 7) is -0.426. The molecule has 2 rings (SSSR count). The first-order chi connectivity index (χ1) is 12.7. The highest BCUT2D eigenvalue weighted by Crippen LogP contribution is 2.40. The standard InChI is InChI=1S/C17H14F4O5S/c18-13-8-6-12(7-9-13)15(26-27(23)24)14(17(19,20)21)16(22)25-10-11-4-2-1-3-5-11/h1-9,14-15H,10H2,(H,23,24). The number of carbonyl (C=O) groups is 1. The summed E-state index contributed by atoms with van der Waals surface area (Å²) >= 11 is -3.11. The van der Waals surface area contributed by atoms with Gasteiger partial charge in [-0.1, -0.05) is 42.5 Å². The fourth-order valence-electron chi connectivity index (χ4n) is 2.29. The Balaban J connectivity index is 2.30. The highest BCUT2D eigenvalue weighted by Gasteiger charge is 2.53. The number of ether oxygens (including phenoxy) is 1. The molecule has 0 aliphatic heterocycles. The molecule has 2 aromatic carbocycles. The van der Waals surface area contributed by atoms with Gasteiger partial charge in [0.05, 0.1) is 0 Å².